The van der Waals surface area contributed by atoms with Crippen LogP contribution in [0.15, 0.2) is 42.5 Å². The number of hydrogen-bond donors (Lipinski definition) is 2. The smallest absolute Gasteiger partial charge is 0.241 e. The van der Waals surface area contributed by atoms with Crippen LogP contribution in [0.25, 0.3) is 10.8 Å². The van der Waals surface area contributed by atoms with Crippen LogP contribution in [0, 0.1) is 0 Å². The van der Waals surface area contributed by atoms with Crippen molar-refractivity contribution in [1.82, 2.24) is 10.2 Å². The zero-order chi connectivity index (χ0) is 16.8. The lowest BCUT2D eigenvalue weighted by Crippen LogP contribution is -2.45. The number of carbonyl (C=O) groups is 2. The van der Waals surface area contributed by atoms with Gasteiger partial charge in [0.05, 0.1) is 13.0 Å². The van der Waals surface area contributed by atoms with Crippen LogP contribution in [-0.4, -0.2) is 42.9 Å². The lowest BCUT2D eigenvalue weighted by Gasteiger charge is -2.23. The van der Waals surface area contributed by atoms with Crippen LogP contribution in [0.5, 0.6) is 0 Å². The minimum atomic E-state index is -0.163. The zero-order valence-electron chi connectivity index (χ0n) is 13.6. The highest BCUT2D eigenvalue weighted by atomic mass is 16.2. The maximum Gasteiger partial charge on any atom is 0.241 e. The first kappa shape index (κ1) is 17.0. The van der Waals surface area contributed by atoms with E-state index in [1.165, 1.54) is 0 Å². The van der Waals surface area contributed by atoms with E-state index < -0.39 is 0 Å². The van der Waals surface area contributed by atoms with Gasteiger partial charge in [-0.2, -0.15) is 0 Å². The summed E-state index contributed by atoms with van der Waals surface area (Å²) in [4.78, 5) is 25.6. The van der Waals surface area contributed by atoms with Crippen LogP contribution in [0.2, 0.25) is 0 Å². The molecule has 0 spiro atoms. The highest BCUT2D eigenvalue weighted by Gasteiger charge is 2.15. The fraction of sp³-hybridized carbons (Fsp3) is 0.333. The number of nitrogens with zero attached hydrogens (tertiary/aromatic N) is 1. The van der Waals surface area contributed by atoms with Crippen molar-refractivity contribution in [2.24, 2.45) is 5.73 Å². The van der Waals surface area contributed by atoms with Crippen molar-refractivity contribution >= 4 is 22.6 Å². The summed E-state index contributed by atoms with van der Waals surface area (Å²) in [6.45, 7) is 2.26. The Bertz CT molecular complexity index is 694. The van der Waals surface area contributed by atoms with Gasteiger partial charge in [0.1, 0.15) is 0 Å². The van der Waals surface area contributed by atoms with E-state index in [-0.39, 0.29) is 30.8 Å². The van der Waals surface area contributed by atoms with E-state index in [1.54, 1.807) is 11.9 Å². The molecule has 0 heterocycles. The standard InChI is InChI=1S/C18H23N3O2/c1-13(11-19)21(2)18(23)12-20-17(22)10-15-8-5-7-14-6-3-4-9-16(14)15/h3-9,13H,10-12,19H2,1-2H3,(H,20,22). The molecule has 0 aliphatic rings. The SMILES string of the molecule is CC(CN)N(C)C(=O)CNC(=O)Cc1cccc2ccccc12. The van der Waals surface area contributed by atoms with E-state index in [4.69, 9.17) is 5.73 Å². The van der Waals surface area contributed by atoms with Crippen molar-refractivity contribution in [2.75, 3.05) is 20.1 Å². The largest absolute Gasteiger partial charge is 0.347 e. The first-order valence-electron chi connectivity index (χ1n) is 7.72. The first-order valence-corrected chi connectivity index (χ1v) is 7.72. The minimum Gasteiger partial charge on any atom is -0.347 e. The molecular formula is C18H23N3O2. The van der Waals surface area contributed by atoms with E-state index in [0.29, 0.717) is 6.54 Å². The lowest BCUT2D eigenvalue weighted by molar-refractivity contribution is -0.133. The van der Waals surface area contributed by atoms with E-state index >= 15 is 0 Å². The van der Waals surface area contributed by atoms with Gasteiger partial charge in [0.15, 0.2) is 0 Å². The molecule has 2 amide bonds. The van der Waals surface area contributed by atoms with Crippen LogP contribution < -0.4 is 11.1 Å². The summed E-state index contributed by atoms with van der Waals surface area (Å²) in [7, 11) is 1.69. The van der Waals surface area contributed by atoms with Crippen molar-refractivity contribution < 1.29 is 9.59 Å². The Balaban J connectivity index is 1.96. The molecule has 2 aromatic rings. The molecule has 0 aliphatic carbocycles. The van der Waals surface area contributed by atoms with Crippen molar-refractivity contribution in [2.45, 2.75) is 19.4 Å². The maximum absolute atomic E-state index is 12.1. The third-order valence-electron chi connectivity index (χ3n) is 4.06. The molecule has 23 heavy (non-hydrogen) atoms. The topological polar surface area (TPSA) is 75.4 Å². The second-order valence-electron chi connectivity index (χ2n) is 5.68. The average Bonchev–Trinajstić information content (AvgIpc) is 2.58. The Morgan fingerprint density at radius 3 is 2.61 bits per heavy atom. The molecule has 0 saturated carbocycles. The molecule has 5 nitrogen and oxygen atoms in total. The highest BCUT2D eigenvalue weighted by molar-refractivity contribution is 5.91. The molecule has 0 fully saturated rings. The fourth-order valence-electron chi connectivity index (χ4n) is 2.38. The summed E-state index contributed by atoms with van der Waals surface area (Å²) in [6.07, 6.45) is 0.255. The van der Waals surface area contributed by atoms with Crippen molar-refractivity contribution in [3.05, 3.63) is 48.0 Å². The van der Waals surface area contributed by atoms with Crippen LogP contribution >= 0.6 is 0 Å². The van der Waals surface area contributed by atoms with Gasteiger partial charge in [-0.1, -0.05) is 42.5 Å². The predicted octanol–water partition coefficient (Wildman–Crippen LogP) is 1.30. The Kier molecular flexibility index (Phi) is 5.71. The van der Waals surface area contributed by atoms with E-state index in [0.717, 1.165) is 16.3 Å². The number of likely N-dealkylation sites (N-methyl/N-ethyl adjacent to an activating group) is 1. The molecule has 0 saturated heterocycles. The van der Waals surface area contributed by atoms with Gasteiger partial charge in [0.2, 0.25) is 11.8 Å². The monoisotopic (exact) mass is 313 g/mol. The van der Waals surface area contributed by atoms with Gasteiger partial charge >= 0.3 is 0 Å². The Hall–Kier alpha value is -2.40. The molecule has 122 valence electrons. The highest BCUT2D eigenvalue weighted by Crippen LogP contribution is 2.18. The van der Waals surface area contributed by atoms with Crippen molar-refractivity contribution in [3.8, 4) is 0 Å². The lowest BCUT2D eigenvalue weighted by atomic mass is 10.0. The van der Waals surface area contributed by atoms with Gasteiger partial charge in [0, 0.05) is 19.6 Å². The summed E-state index contributed by atoms with van der Waals surface area (Å²) >= 11 is 0. The normalized spacial score (nSPS) is 12.0. The van der Waals surface area contributed by atoms with Gasteiger partial charge in [-0.05, 0) is 23.3 Å². The maximum atomic E-state index is 12.1. The first-order chi connectivity index (χ1) is 11.0. The average molecular weight is 313 g/mol. The molecule has 0 aliphatic heterocycles. The third kappa shape index (κ3) is 4.29. The minimum absolute atomic E-state index is 0.00948. The second-order valence-corrected chi connectivity index (χ2v) is 5.68. The molecule has 0 bridgehead atoms. The number of carbonyl (C=O) groups excluding carboxylic acids is 2. The second kappa shape index (κ2) is 7.74. The Morgan fingerprint density at radius 2 is 1.87 bits per heavy atom. The van der Waals surface area contributed by atoms with Crippen LogP contribution in [0.1, 0.15) is 12.5 Å². The summed E-state index contributed by atoms with van der Waals surface area (Å²) < 4.78 is 0. The van der Waals surface area contributed by atoms with E-state index in [2.05, 4.69) is 5.32 Å². The summed E-state index contributed by atoms with van der Waals surface area (Å²) in [6, 6.07) is 13.8. The molecular weight excluding hydrogens is 290 g/mol. The fourth-order valence-corrected chi connectivity index (χ4v) is 2.38. The van der Waals surface area contributed by atoms with Gasteiger partial charge < -0.3 is 16.0 Å². The van der Waals surface area contributed by atoms with Gasteiger partial charge in [-0.15, -0.1) is 0 Å². The molecule has 1 atom stereocenters. The Morgan fingerprint density at radius 1 is 1.17 bits per heavy atom. The van der Waals surface area contributed by atoms with Crippen LogP contribution in [-0.2, 0) is 16.0 Å². The molecule has 2 aromatic carbocycles. The van der Waals surface area contributed by atoms with Crippen LogP contribution in [0.3, 0.4) is 0 Å². The van der Waals surface area contributed by atoms with Gasteiger partial charge in [0.25, 0.3) is 0 Å². The van der Waals surface area contributed by atoms with Crippen molar-refractivity contribution in [3.63, 3.8) is 0 Å². The number of hydrogen-bond acceptors (Lipinski definition) is 3. The van der Waals surface area contributed by atoms with Gasteiger partial charge in [-0.3, -0.25) is 9.59 Å². The van der Waals surface area contributed by atoms with E-state index in [1.807, 2.05) is 49.4 Å². The summed E-state index contributed by atoms with van der Waals surface area (Å²) in [5.74, 6) is -0.308. The molecule has 0 radical (unpaired) electrons. The Labute approximate surface area is 136 Å². The summed E-state index contributed by atoms with van der Waals surface area (Å²) in [5.41, 5.74) is 6.50. The summed E-state index contributed by atoms with van der Waals surface area (Å²) in [5, 5.41) is 4.85. The molecule has 5 heteroatoms. The molecule has 1 unspecified atom stereocenters. The predicted molar refractivity (Wildman–Crippen MR) is 91.9 cm³/mol. The number of benzene rings is 2. The van der Waals surface area contributed by atoms with Crippen LogP contribution in [0.4, 0.5) is 0 Å². The van der Waals surface area contributed by atoms with Crippen molar-refractivity contribution in [1.29, 1.82) is 0 Å². The molecule has 3 N–H and O–H groups in total. The number of fused-ring (bicyclic) bond motifs is 1. The van der Waals surface area contributed by atoms with Gasteiger partial charge in [-0.25, -0.2) is 0 Å². The molecule has 0 aromatic heterocycles. The number of amides is 2. The quantitative estimate of drug-likeness (QED) is 0.844. The number of nitrogens with two attached hydrogens (primary N) is 1. The van der Waals surface area contributed by atoms with E-state index in [9.17, 15) is 9.59 Å². The molecule has 2 rings (SSSR count). The zero-order valence-corrected chi connectivity index (χ0v) is 13.6. The third-order valence-corrected chi connectivity index (χ3v) is 4.06. The number of nitrogens with one attached hydrogen (secondary N) is 1. The number of rotatable bonds is 6.